The standard InChI is InChI=1S/C15H27NO3/c1-11(2)16(12(3)4)13(17)10-15(14(18)19)8-6-5-7-9-15/h11-12H,5-10H2,1-4H3,(H,18,19). The van der Waals surface area contributed by atoms with Crippen LogP contribution in [0.5, 0.6) is 0 Å². The van der Waals surface area contributed by atoms with Crippen molar-refractivity contribution < 1.29 is 14.7 Å². The minimum atomic E-state index is -0.822. The Morgan fingerprint density at radius 2 is 1.53 bits per heavy atom. The van der Waals surface area contributed by atoms with Gasteiger partial charge in [-0.2, -0.15) is 0 Å². The molecule has 0 aliphatic heterocycles. The van der Waals surface area contributed by atoms with E-state index in [9.17, 15) is 14.7 Å². The van der Waals surface area contributed by atoms with Crippen LogP contribution in [0.25, 0.3) is 0 Å². The van der Waals surface area contributed by atoms with Crippen LogP contribution in [0.2, 0.25) is 0 Å². The molecule has 0 aromatic heterocycles. The molecule has 1 saturated carbocycles. The maximum Gasteiger partial charge on any atom is 0.310 e. The molecule has 1 rings (SSSR count). The molecule has 19 heavy (non-hydrogen) atoms. The second-order valence-corrected chi connectivity index (χ2v) is 6.31. The van der Waals surface area contributed by atoms with Gasteiger partial charge in [0.05, 0.1) is 5.41 Å². The second kappa shape index (κ2) is 6.40. The number of hydrogen-bond donors (Lipinski definition) is 1. The van der Waals surface area contributed by atoms with Gasteiger partial charge in [0.1, 0.15) is 0 Å². The van der Waals surface area contributed by atoms with Crippen molar-refractivity contribution in [2.24, 2.45) is 5.41 Å². The molecule has 0 aromatic carbocycles. The summed E-state index contributed by atoms with van der Waals surface area (Å²) in [5.41, 5.74) is -0.822. The number of rotatable bonds is 5. The van der Waals surface area contributed by atoms with Crippen molar-refractivity contribution in [2.45, 2.75) is 78.3 Å². The predicted molar refractivity (Wildman–Crippen MR) is 74.9 cm³/mol. The van der Waals surface area contributed by atoms with Crippen molar-refractivity contribution in [3.05, 3.63) is 0 Å². The molecular formula is C15H27NO3. The quantitative estimate of drug-likeness (QED) is 0.834. The topological polar surface area (TPSA) is 57.6 Å². The Labute approximate surface area is 116 Å². The largest absolute Gasteiger partial charge is 0.481 e. The summed E-state index contributed by atoms with van der Waals surface area (Å²) in [5.74, 6) is -0.817. The van der Waals surface area contributed by atoms with Crippen LogP contribution in [0.15, 0.2) is 0 Å². The van der Waals surface area contributed by atoms with Crippen LogP contribution < -0.4 is 0 Å². The molecule has 0 atom stereocenters. The number of carboxylic acids is 1. The van der Waals surface area contributed by atoms with E-state index in [1.165, 1.54) is 0 Å². The summed E-state index contributed by atoms with van der Waals surface area (Å²) < 4.78 is 0. The van der Waals surface area contributed by atoms with E-state index in [-0.39, 0.29) is 24.4 Å². The van der Waals surface area contributed by atoms with E-state index in [4.69, 9.17) is 0 Å². The highest BCUT2D eigenvalue weighted by atomic mass is 16.4. The number of hydrogen-bond acceptors (Lipinski definition) is 2. The van der Waals surface area contributed by atoms with E-state index in [1.807, 2.05) is 27.7 Å². The maximum atomic E-state index is 12.5. The van der Waals surface area contributed by atoms with E-state index in [0.717, 1.165) is 19.3 Å². The van der Waals surface area contributed by atoms with Crippen LogP contribution >= 0.6 is 0 Å². The highest BCUT2D eigenvalue weighted by Gasteiger charge is 2.42. The summed E-state index contributed by atoms with van der Waals surface area (Å²) >= 11 is 0. The number of carbonyl (C=O) groups excluding carboxylic acids is 1. The summed E-state index contributed by atoms with van der Waals surface area (Å²) in [6, 6.07) is 0.226. The fourth-order valence-electron chi connectivity index (χ4n) is 3.25. The van der Waals surface area contributed by atoms with Crippen LogP contribution in [0.3, 0.4) is 0 Å². The zero-order valence-corrected chi connectivity index (χ0v) is 12.6. The summed E-state index contributed by atoms with van der Waals surface area (Å²) in [6.45, 7) is 7.91. The molecule has 0 bridgehead atoms. The average molecular weight is 269 g/mol. The lowest BCUT2D eigenvalue weighted by atomic mass is 9.71. The molecular weight excluding hydrogens is 242 g/mol. The summed E-state index contributed by atoms with van der Waals surface area (Å²) in [5, 5.41) is 9.53. The van der Waals surface area contributed by atoms with Gasteiger partial charge in [-0.05, 0) is 40.5 Å². The second-order valence-electron chi connectivity index (χ2n) is 6.31. The van der Waals surface area contributed by atoms with Crippen molar-refractivity contribution in [3.63, 3.8) is 0 Å². The lowest BCUT2D eigenvalue weighted by Crippen LogP contribution is -2.46. The third-order valence-electron chi connectivity index (χ3n) is 4.15. The molecule has 0 aromatic rings. The summed E-state index contributed by atoms with van der Waals surface area (Å²) in [6.07, 6.45) is 4.35. The Bertz CT molecular complexity index is 322. The highest BCUT2D eigenvalue weighted by molar-refractivity contribution is 5.85. The molecule has 0 saturated heterocycles. The van der Waals surface area contributed by atoms with Gasteiger partial charge in [0, 0.05) is 18.5 Å². The summed E-state index contributed by atoms with van der Waals surface area (Å²) in [4.78, 5) is 25.9. The Kier molecular flexibility index (Phi) is 5.39. The van der Waals surface area contributed by atoms with E-state index in [1.54, 1.807) is 4.90 Å². The molecule has 0 heterocycles. The lowest BCUT2D eigenvalue weighted by molar-refractivity contribution is -0.157. The molecule has 0 spiro atoms. The van der Waals surface area contributed by atoms with Gasteiger partial charge in [-0.1, -0.05) is 19.3 Å². The minimum Gasteiger partial charge on any atom is -0.481 e. The zero-order chi connectivity index (χ0) is 14.6. The number of aliphatic carboxylic acids is 1. The molecule has 1 amide bonds. The third-order valence-corrected chi connectivity index (χ3v) is 4.15. The first kappa shape index (κ1) is 16.0. The van der Waals surface area contributed by atoms with Crippen LogP contribution in [0.4, 0.5) is 0 Å². The molecule has 1 aliphatic rings. The Hall–Kier alpha value is -1.06. The number of carboxylic acid groups (broad SMARTS) is 1. The van der Waals surface area contributed by atoms with Gasteiger partial charge >= 0.3 is 5.97 Å². The highest BCUT2D eigenvalue weighted by Crippen LogP contribution is 2.40. The predicted octanol–water partition coefficient (Wildman–Crippen LogP) is 3.06. The third kappa shape index (κ3) is 3.71. The number of amides is 1. The first-order valence-electron chi connectivity index (χ1n) is 7.35. The Morgan fingerprint density at radius 1 is 1.05 bits per heavy atom. The fraction of sp³-hybridized carbons (Fsp3) is 0.867. The molecule has 0 radical (unpaired) electrons. The van der Waals surface area contributed by atoms with E-state index >= 15 is 0 Å². The van der Waals surface area contributed by atoms with E-state index in [0.29, 0.717) is 12.8 Å². The molecule has 1 N–H and O–H groups in total. The minimum absolute atomic E-state index is 0.0192. The monoisotopic (exact) mass is 269 g/mol. The van der Waals surface area contributed by atoms with Gasteiger partial charge in [-0.15, -0.1) is 0 Å². The van der Waals surface area contributed by atoms with Crippen molar-refractivity contribution in [3.8, 4) is 0 Å². The van der Waals surface area contributed by atoms with Crippen molar-refractivity contribution in [1.29, 1.82) is 0 Å². The smallest absolute Gasteiger partial charge is 0.310 e. The molecule has 110 valence electrons. The van der Waals surface area contributed by atoms with Gasteiger partial charge in [-0.3, -0.25) is 9.59 Å². The fourth-order valence-corrected chi connectivity index (χ4v) is 3.25. The van der Waals surface area contributed by atoms with Gasteiger partial charge in [0.2, 0.25) is 5.91 Å². The SMILES string of the molecule is CC(C)N(C(=O)CC1(C(=O)O)CCCCC1)C(C)C. The molecule has 4 heteroatoms. The van der Waals surface area contributed by atoms with Crippen LogP contribution in [-0.2, 0) is 9.59 Å². The molecule has 1 fully saturated rings. The van der Waals surface area contributed by atoms with Gasteiger partial charge in [-0.25, -0.2) is 0 Å². The van der Waals surface area contributed by atoms with Gasteiger partial charge in [0.25, 0.3) is 0 Å². The maximum absolute atomic E-state index is 12.5. The van der Waals surface area contributed by atoms with E-state index < -0.39 is 11.4 Å². The number of nitrogens with zero attached hydrogens (tertiary/aromatic N) is 1. The van der Waals surface area contributed by atoms with Crippen LogP contribution in [0, 0.1) is 5.41 Å². The summed E-state index contributed by atoms with van der Waals surface area (Å²) in [7, 11) is 0. The first-order valence-corrected chi connectivity index (χ1v) is 7.35. The van der Waals surface area contributed by atoms with E-state index in [2.05, 4.69) is 0 Å². The zero-order valence-electron chi connectivity index (χ0n) is 12.6. The number of carbonyl (C=O) groups is 2. The van der Waals surface area contributed by atoms with Gasteiger partial charge < -0.3 is 10.0 Å². The van der Waals surface area contributed by atoms with Crippen molar-refractivity contribution in [1.82, 2.24) is 4.90 Å². The first-order chi connectivity index (χ1) is 8.80. The van der Waals surface area contributed by atoms with Crippen molar-refractivity contribution >= 4 is 11.9 Å². The van der Waals surface area contributed by atoms with Crippen molar-refractivity contribution in [2.75, 3.05) is 0 Å². The molecule has 0 unspecified atom stereocenters. The normalized spacial score (nSPS) is 18.6. The Morgan fingerprint density at radius 3 is 1.89 bits per heavy atom. The average Bonchev–Trinajstić information content (AvgIpc) is 2.28. The van der Waals surface area contributed by atoms with Crippen LogP contribution in [-0.4, -0.2) is 34.0 Å². The molecule has 4 nitrogen and oxygen atoms in total. The van der Waals surface area contributed by atoms with Gasteiger partial charge in [0.15, 0.2) is 0 Å². The van der Waals surface area contributed by atoms with Crippen LogP contribution in [0.1, 0.15) is 66.2 Å². The lowest BCUT2D eigenvalue weighted by Gasteiger charge is -2.37. The molecule has 1 aliphatic carbocycles. The Balaban J connectivity index is 2.84.